The molecule has 0 saturated carbocycles. The number of allylic oxidation sites excluding steroid dienone is 4. The third-order valence-corrected chi connectivity index (χ3v) is 9.79. The van der Waals surface area contributed by atoms with Gasteiger partial charge in [0.05, 0.1) is 4.88 Å². The molecule has 0 atom stereocenters. The molecule has 50 heavy (non-hydrogen) atoms. The van der Waals surface area contributed by atoms with Crippen molar-refractivity contribution in [2.24, 2.45) is 9.98 Å². The van der Waals surface area contributed by atoms with Gasteiger partial charge in [-0.3, -0.25) is 9.59 Å². The molecule has 11 nitrogen and oxygen atoms in total. The molecule has 4 aromatic rings. The van der Waals surface area contributed by atoms with Crippen LogP contribution in [0.15, 0.2) is 45.4 Å². The number of aliphatic imine (C=N–C) groups is 2. The predicted molar refractivity (Wildman–Crippen MR) is 169 cm³/mol. The third-order valence-electron chi connectivity index (χ3n) is 7.74. The van der Waals surface area contributed by atoms with E-state index in [9.17, 15) is 48.2 Å². The van der Waals surface area contributed by atoms with Crippen LogP contribution in [0.4, 0.5) is 27.8 Å². The van der Waals surface area contributed by atoms with Crippen molar-refractivity contribution in [1.29, 1.82) is 21.0 Å². The lowest BCUT2D eigenvalue weighted by Gasteiger charge is -2.28. The number of halogens is 4. The number of fused-ring (bicyclic) bond motifs is 5. The van der Waals surface area contributed by atoms with Gasteiger partial charge in [-0.1, -0.05) is 22.7 Å². The van der Waals surface area contributed by atoms with Crippen LogP contribution >= 0.6 is 22.7 Å². The van der Waals surface area contributed by atoms with E-state index >= 15 is 0 Å². The minimum absolute atomic E-state index is 0.0472. The molecule has 1 aliphatic heterocycles. The average molecular weight is 707 g/mol. The van der Waals surface area contributed by atoms with Crippen LogP contribution in [0.25, 0.3) is 20.9 Å². The first-order valence-electron chi connectivity index (χ1n) is 13.9. The summed E-state index contributed by atoms with van der Waals surface area (Å²) >= 11 is 1.86. The number of carbonyl (C=O) groups is 2. The van der Waals surface area contributed by atoms with Crippen molar-refractivity contribution in [1.82, 2.24) is 9.97 Å². The number of nitriles is 4. The first-order chi connectivity index (χ1) is 23.8. The molecule has 0 saturated heterocycles. The van der Waals surface area contributed by atoms with E-state index in [1.807, 2.05) is 0 Å². The molecule has 0 spiro atoms. The van der Waals surface area contributed by atoms with Crippen molar-refractivity contribution in [2.45, 2.75) is 19.4 Å². The molecular formula is C33H10F4N8O3S2. The summed E-state index contributed by atoms with van der Waals surface area (Å²) < 4.78 is 62.6. The van der Waals surface area contributed by atoms with Gasteiger partial charge < -0.3 is 4.74 Å². The van der Waals surface area contributed by atoms with Crippen molar-refractivity contribution < 1.29 is 31.9 Å². The van der Waals surface area contributed by atoms with Crippen LogP contribution in [0.5, 0.6) is 5.88 Å². The van der Waals surface area contributed by atoms with Crippen molar-refractivity contribution in [3.05, 3.63) is 86.6 Å². The number of benzene rings is 2. The van der Waals surface area contributed by atoms with Crippen LogP contribution in [0.3, 0.4) is 0 Å². The normalized spacial score (nSPS) is 16.5. The van der Waals surface area contributed by atoms with E-state index in [2.05, 4.69) is 20.0 Å². The molecule has 0 radical (unpaired) electrons. The molecule has 2 aromatic carbocycles. The molecule has 7 rings (SSSR count). The maximum atomic E-state index is 14.2. The molecule has 17 heteroatoms. The molecule has 0 N–H and O–H groups in total. The van der Waals surface area contributed by atoms with Crippen LogP contribution in [-0.4, -0.2) is 33.0 Å². The van der Waals surface area contributed by atoms with E-state index in [0.717, 1.165) is 22.7 Å². The molecule has 2 aromatic heterocycles. The Balaban J connectivity index is 1.36. The highest BCUT2D eigenvalue weighted by Crippen LogP contribution is 2.53. The number of carbonyl (C=O) groups excluding carboxylic acids is 2. The summed E-state index contributed by atoms with van der Waals surface area (Å²) in [6.07, 6.45) is 0. The summed E-state index contributed by atoms with van der Waals surface area (Å²) in [6.45, 7) is 3.31. The second-order valence-corrected chi connectivity index (χ2v) is 13.0. The summed E-state index contributed by atoms with van der Waals surface area (Å²) in [5.74, 6) is -6.91. The molecule has 2 aliphatic carbocycles. The summed E-state index contributed by atoms with van der Waals surface area (Å²) in [5, 5.41) is 38.2. The Labute approximate surface area is 285 Å². The van der Waals surface area contributed by atoms with Crippen LogP contribution in [0, 0.1) is 68.6 Å². The first kappa shape index (κ1) is 31.9. The fraction of sp³-hybridized carbons (Fsp3) is 0.0909. The van der Waals surface area contributed by atoms with Crippen molar-refractivity contribution in [3.63, 3.8) is 0 Å². The number of aromatic nitrogens is 2. The third kappa shape index (κ3) is 4.65. The fourth-order valence-corrected chi connectivity index (χ4v) is 7.66. The van der Waals surface area contributed by atoms with Gasteiger partial charge >= 0.3 is 0 Å². The molecular weight excluding hydrogens is 697 g/mol. The van der Waals surface area contributed by atoms with Crippen LogP contribution < -0.4 is 4.74 Å². The topological polar surface area (TPSA) is 189 Å². The minimum Gasteiger partial charge on any atom is -0.464 e. The van der Waals surface area contributed by atoms with Gasteiger partial charge in [0.2, 0.25) is 27.7 Å². The predicted octanol–water partition coefficient (Wildman–Crippen LogP) is 6.99. The lowest BCUT2D eigenvalue weighted by molar-refractivity contribution is 0.0963. The maximum Gasteiger partial charge on any atom is 0.236 e. The van der Waals surface area contributed by atoms with E-state index in [0.29, 0.717) is 39.7 Å². The van der Waals surface area contributed by atoms with Gasteiger partial charge in [0.15, 0.2) is 23.3 Å². The van der Waals surface area contributed by atoms with Gasteiger partial charge in [0, 0.05) is 33.4 Å². The van der Waals surface area contributed by atoms with E-state index in [4.69, 9.17) is 4.74 Å². The Hall–Kier alpha value is -6.66. The molecule has 0 unspecified atom stereocenters. The first-order valence-corrected chi connectivity index (χ1v) is 15.5. The highest BCUT2D eigenvalue weighted by atomic mass is 32.1. The van der Waals surface area contributed by atoms with Gasteiger partial charge in [-0.15, -0.1) is 0 Å². The van der Waals surface area contributed by atoms with Crippen molar-refractivity contribution in [2.75, 3.05) is 0 Å². The highest BCUT2D eigenvalue weighted by Gasteiger charge is 2.41. The SMILES string of the molecule is CC1(C)Oc2nc(N=C3C(=O)c4cc(F)c(F)cc4C3=C(C#N)C#N)sc2-c2sc(N=C3C(=O)c4cc(F)c(F)cc4C3=C(C#N)C#N)nc21. The van der Waals surface area contributed by atoms with Crippen molar-refractivity contribution in [3.8, 4) is 39.9 Å². The molecule has 0 bridgehead atoms. The zero-order chi connectivity index (χ0) is 35.8. The van der Waals surface area contributed by atoms with E-state index in [1.54, 1.807) is 38.1 Å². The number of ether oxygens (including phenoxy) is 1. The lowest BCUT2D eigenvalue weighted by atomic mass is 10.0. The number of hydrogen-bond acceptors (Lipinski definition) is 13. The zero-order valence-electron chi connectivity index (χ0n) is 24.9. The van der Waals surface area contributed by atoms with Crippen LogP contribution in [0.1, 0.15) is 51.4 Å². The number of thiazole rings is 2. The van der Waals surface area contributed by atoms with E-state index in [-0.39, 0.29) is 49.5 Å². The van der Waals surface area contributed by atoms with Crippen LogP contribution in [-0.2, 0) is 5.60 Å². The van der Waals surface area contributed by atoms with Crippen LogP contribution in [0.2, 0.25) is 0 Å². The Bertz CT molecular complexity index is 2610. The Morgan fingerprint density at radius 3 is 1.52 bits per heavy atom. The second-order valence-electron chi connectivity index (χ2n) is 11.1. The van der Waals surface area contributed by atoms with Crippen molar-refractivity contribution >= 4 is 67.1 Å². The van der Waals surface area contributed by atoms with Gasteiger partial charge in [0.25, 0.3) is 0 Å². The van der Waals surface area contributed by atoms with E-state index in [1.165, 1.54) is 0 Å². The maximum absolute atomic E-state index is 14.2. The number of ketones is 2. The second kappa shape index (κ2) is 11.2. The summed E-state index contributed by atoms with van der Waals surface area (Å²) in [4.78, 5) is 45.0. The molecule has 3 aliphatic rings. The zero-order valence-corrected chi connectivity index (χ0v) is 26.6. The monoisotopic (exact) mass is 706 g/mol. The lowest BCUT2D eigenvalue weighted by Crippen LogP contribution is -2.29. The largest absolute Gasteiger partial charge is 0.464 e. The summed E-state index contributed by atoms with van der Waals surface area (Å²) in [6, 6.07) is 9.35. The van der Waals surface area contributed by atoms with Gasteiger partial charge in [-0.2, -0.15) is 26.0 Å². The molecule has 0 fully saturated rings. The molecule has 0 amide bonds. The van der Waals surface area contributed by atoms with Gasteiger partial charge in [-0.05, 0) is 38.1 Å². The Kier molecular flexibility index (Phi) is 7.16. The molecule has 3 heterocycles. The van der Waals surface area contributed by atoms with Gasteiger partial charge in [-0.25, -0.2) is 32.5 Å². The summed E-state index contributed by atoms with van der Waals surface area (Å²) in [7, 11) is 0. The average Bonchev–Trinajstić information content (AvgIpc) is 3.81. The minimum atomic E-state index is -1.31. The fourth-order valence-electron chi connectivity index (χ4n) is 5.57. The number of Topliss-reactive ketones (excluding diaryl/α,β-unsaturated/α-hetero) is 2. The van der Waals surface area contributed by atoms with Gasteiger partial charge in [0.1, 0.15) is 63.0 Å². The molecule has 240 valence electrons. The number of rotatable bonds is 2. The Morgan fingerprint density at radius 2 is 1.08 bits per heavy atom. The Morgan fingerprint density at radius 1 is 0.680 bits per heavy atom. The van der Waals surface area contributed by atoms with E-state index < -0.39 is 63.0 Å². The summed E-state index contributed by atoms with van der Waals surface area (Å²) in [5.41, 5.74) is -4.36. The number of nitrogens with zero attached hydrogens (tertiary/aromatic N) is 8. The highest BCUT2D eigenvalue weighted by molar-refractivity contribution is 7.25. The quantitative estimate of drug-likeness (QED) is 0.156. The number of hydrogen-bond donors (Lipinski definition) is 0. The smallest absolute Gasteiger partial charge is 0.236 e. The standard InChI is InChI=1S/C33H10F4N8O3S2/c1-33(2)29-27(49-31(44-29)42-23-21(11(7-38)8-39)13-3-17(34)19(36)5-15(13)25(23)46)28-30(48-33)45-32(50-28)43-24-22(12(9-40)10-41)14-4-18(35)20(37)6-16(14)26(24)47/h3-6H,1-2H3.